The van der Waals surface area contributed by atoms with Crippen molar-refractivity contribution in [3.63, 3.8) is 0 Å². The minimum atomic E-state index is -0.0806. The van der Waals surface area contributed by atoms with Gasteiger partial charge in [-0.15, -0.1) is 6.42 Å². The van der Waals surface area contributed by atoms with Crippen LogP contribution >= 0.6 is 0 Å². The van der Waals surface area contributed by atoms with E-state index in [9.17, 15) is 4.79 Å². The van der Waals surface area contributed by atoms with Crippen molar-refractivity contribution in [1.82, 2.24) is 4.90 Å². The second-order valence-electron chi connectivity index (χ2n) is 1.95. The summed E-state index contributed by atoms with van der Waals surface area (Å²) in [7, 11) is 0. The molecule has 1 rings (SSSR count). The molecule has 0 bridgehead atoms. The summed E-state index contributed by atoms with van der Waals surface area (Å²) in [5, 5.41) is 0. The van der Waals surface area contributed by atoms with Crippen LogP contribution in [0.15, 0.2) is 24.4 Å². The first-order chi connectivity index (χ1) is 4.75. The third-order valence-corrected chi connectivity index (χ3v) is 1.28. The maximum Gasteiger partial charge on any atom is 0.251 e. The van der Waals surface area contributed by atoms with E-state index in [0.29, 0.717) is 12.2 Å². The molecule has 0 aromatic heterocycles. The fraction of sp³-hybridized carbons (Fsp3) is 0.125. The molecule has 10 heavy (non-hydrogen) atoms. The van der Waals surface area contributed by atoms with E-state index < -0.39 is 0 Å². The molecule has 50 valence electrons. The van der Waals surface area contributed by atoms with Crippen molar-refractivity contribution in [2.24, 2.45) is 0 Å². The second kappa shape index (κ2) is 2.40. The largest absolute Gasteiger partial charge is 0.298 e. The lowest BCUT2D eigenvalue weighted by atomic mass is 10.4. The van der Waals surface area contributed by atoms with Crippen LogP contribution < -0.4 is 0 Å². The standard InChI is InChI=1S/C8H7NO/c1-3-6-9-7(2)4-5-8(9)10/h1,4-5H,2,6H2. The quantitative estimate of drug-likeness (QED) is 0.478. The molecule has 0 saturated heterocycles. The van der Waals surface area contributed by atoms with E-state index in [-0.39, 0.29) is 5.91 Å². The summed E-state index contributed by atoms with van der Waals surface area (Å²) in [6, 6.07) is 0. The highest BCUT2D eigenvalue weighted by Crippen LogP contribution is 2.10. The molecule has 2 heteroatoms. The van der Waals surface area contributed by atoms with Gasteiger partial charge in [-0.2, -0.15) is 0 Å². The van der Waals surface area contributed by atoms with Gasteiger partial charge in [0.2, 0.25) is 0 Å². The van der Waals surface area contributed by atoms with Gasteiger partial charge in [0.15, 0.2) is 0 Å². The molecule has 0 radical (unpaired) electrons. The summed E-state index contributed by atoms with van der Waals surface area (Å²) < 4.78 is 0. The van der Waals surface area contributed by atoms with Crippen LogP contribution in [0.1, 0.15) is 0 Å². The Morgan fingerprint density at radius 3 is 2.80 bits per heavy atom. The zero-order chi connectivity index (χ0) is 7.56. The van der Waals surface area contributed by atoms with Crippen LogP contribution in [0.25, 0.3) is 0 Å². The molecule has 1 amide bonds. The van der Waals surface area contributed by atoms with E-state index in [0.717, 1.165) is 0 Å². The molecule has 1 aliphatic rings. The van der Waals surface area contributed by atoms with Gasteiger partial charge in [-0.05, 0) is 6.08 Å². The van der Waals surface area contributed by atoms with E-state index >= 15 is 0 Å². The highest BCUT2D eigenvalue weighted by molar-refractivity contribution is 5.93. The van der Waals surface area contributed by atoms with Crippen LogP contribution in [-0.4, -0.2) is 17.4 Å². The maximum atomic E-state index is 10.9. The Morgan fingerprint density at radius 2 is 2.40 bits per heavy atom. The van der Waals surface area contributed by atoms with E-state index in [1.54, 1.807) is 6.08 Å². The number of rotatable bonds is 1. The van der Waals surface area contributed by atoms with Crippen molar-refractivity contribution in [3.8, 4) is 12.3 Å². The Hall–Kier alpha value is -1.49. The molecule has 0 saturated carbocycles. The molecule has 0 aliphatic carbocycles. The monoisotopic (exact) mass is 133 g/mol. The van der Waals surface area contributed by atoms with E-state index in [4.69, 9.17) is 6.42 Å². The number of carbonyl (C=O) groups excluding carboxylic acids is 1. The summed E-state index contributed by atoms with van der Waals surface area (Å²) in [5.74, 6) is 2.29. The van der Waals surface area contributed by atoms with Crippen molar-refractivity contribution in [1.29, 1.82) is 0 Å². The van der Waals surface area contributed by atoms with Crippen molar-refractivity contribution < 1.29 is 4.79 Å². The SMILES string of the molecule is C#CCN1C(=C)C=CC1=O. The fourth-order valence-corrected chi connectivity index (χ4v) is 0.760. The first kappa shape index (κ1) is 6.63. The van der Waals surface area contributed by atoms with Gasteiger partial charge in [-0.25, -0.2) is 0 Å². The molecule has 1 aliphatic heterocycles. The second-order valence-corrected chi connectivity index (χ2v) is 1.95. The van der Waals surface area contributed by atoms with Crippen LogP contribution in [0.4, 0.5) is 0 Å². The lowest BCUT2D eigenvalue weighted by molar-refractivity contribution is -0.122. The predicted molar refractivity (Wildman–Crippen MR) is 38.8 cm³/mol. The molecule has 0 aromatic carbocycles. The molecule has 0 aromatic rings. The number of carbonyl (C=O) groups is 1. The van der Waals surface area contributed by atoms with Crippen LogP contribution in [0, 0.1) is 12.3 Å². The zero-order valence-electron chi connectivity index (χ0n) is 5.50. The molecule has 0 N–H and O–H groups in total. The molecule has 0 unspecified atom stereocenters. The van der Waals surface area contributed by atoms with Crippen molar-refractivity contribution in [3.05, 3.63) is 24.4 Å². The Morgan fingerprint density at radius 1 is 1.70 bits per heavy atom. The minimum absolute atomic E-state index is 0.0806. The third kappa shape index (κ3) is 0.939. The number of allylic oxidation sites excluding steroid dienone is 1. The first-order valence-corrected chi connectivity index (χ1v) is 2.87. The lowest BCUT2D eigenvalue weighted by Crippen LogP contribution is -2.23. The van der Waals surface area contributed by atoms with Gasteiger partial charge >= 0.3 is 0 Å². The fourth-order valence-electron chi connectivity index (χ4n) is 0.760. The van der Waals surface area contributed by atoms with Gasteiger partial charge < -0.3 is 0 Å². The summed E-state index contributed by atoms with van der Waals surface area (Å²) >= 11 is 0. The van der Waals surface area contributed by atoms with Gasteiger partial charge in [0.25, 0.3) is 5.91 Å². The predicted octanol–water partition coefficient (Wildman–Crippen LogP) is 0.532. The van der Waals surface area contributed by atoms with Crippen molar-refractivity contribution in [2.75, 3.05) is 6.54 Å². The zero-order valence-corrected chi connectivity index (χ0v) is 5.50. The molecule has 0 atom stereocenters. The van der Waals surface area contributed by atoms with Gasteiger partial charge in [-0.1, -0.05) is 12.5 Å². The summed E-state index contributed by atoms with van der Waals surface area (Å²) in [6.45, 7) is 3.94. The van der Waals surface area contributed by atoms with Crippen LogP contribution in [0.5, 0.6) is 0 Å². The van der Waals surface area contributed by atoms with Crippen LogP contribution in [0.3, 0.4) is 0 Å². The summed E-state index contributed by atoms with van der Waals surface area (Å²) in [4.78, 5) is 12.3. The smallest absolute Gasteiger partial charge is 0.251 e. The summed E-state index contributed by atoms with van der Waals surface area (Å²) in [6.07, 6.45) is 8.13. The van der Waals surface area contributed by atoms with Gasteiger partial charge in [0, 0.05) is 11.8 Å². The Kier molecular flexibility index (Phi) is 1.59. The lowest BCUT2D eigenvalue weighted by Gasteiger charge is -2.12. The van der Waals surface area contributed by atoms with E-state index in [1.165, 1.54) is 11.0 Å². The number of hydrogen-bond acceptors (Lipinski definition) is 1. The Bertz CT molecular complexity index is 226. The molecule has 1 heterocycles. The molecule has 2 nitrogen and oxygen atoms in total. The average Bonchev–Trinajstić information content (AvgIpc) is 2.20. The van der Waals surface area contributed by atoms with Gasteiger partial charge in [0.1, 0.15) is 0 Å². The number of hydrogen-bond donors (Lipinski definition) is 0. The normalized spacial score (nSPS) is 16.1. The molecular weight excluding hydrogens is 126 g/mol. The van der Waals surface area contributed by atoms with Gasteiger partial charge in [-0.3, -0.25) is 9.69 Å². The first-order valence-electron chi connectivity index (χ1n) is 2.87. The number of amides is 1. The van der Waals surface area contributed by atoms with Gasteiger partial charge in [0.05, 0.1) is 6.54 Å². The summed E-state index contributed by atoms with van der Waals surface area (Å²) in [5.41, 5.74) is 0.669. The molecule has 0 spiro atoms. The van der Waals surface area contributed by atoms with Crippen molar-refractivity contribution in [2.45, 2.75) is 0 Å². The Labute approximate surface area is 59.8 Å². The Balaban J connectivity index is 2.72. The van der Waals surface area contributed by atoms with Crippen molar-refractivity contribution >= 4 is 5.91 Å². The average molecular weight is 133 g/mol. The molecule has 0 fully saturated rings. The van der Waals surface area contributed by atoms with Crippen LogP contribution in [-0.2, 0) is 4.79 Å². The van der Waals surface area contributed by atoms with E-state index in [2.05, 4.69) is 12.5 Å². The van der Waals surface area contributed by atoms with Crippen LogP contribution in [0.2, 0.25) is 0 Å². The number of terminal acetylenes is 1. The minimum Gasteiger partial charge on any atom is -0.298 e. The topological polar surface area (TPSA) is 20.3 Å². The van der Waals surface area contributed by atoms with E-state index in [1.807, 2.05) is 0 Å². The number of nitrogens with zero attached hydrogens (tertiary/aromatic N) is 1. The maximum absolute atomic E-state index is 10.9. The highest BCUT2D eigenvalue weighted by atomic mass is 16.2. The third-order valence-electron chi connectivity index (χ3n) is 1.28. The molecular formula is C8H7NO. The highest BCUT2D eigenvalue weighted by Gasteiger charge is 2.16.